The maximum Gasteiger partial charge on any atom is 0.355 e. The van der Waals surface area contributed by atoms with E-state index in [9.17, 15) is 19.1 Å². The van der Waals surface area contributed by atoms with Gasteiger partial charge in [-0.3, -0.25) is 4.79 Å². The first-order chi connectivity index (χ1) is 19.6. The molecular weight excluding hydrogens is 545 g/mol. The van der Waals surface area contributed by atoms with E-state index in [1.807, 2.05) is 36.1 Å². The van der Waals surface area contributed by atoms with E-state index in [0.29, 0.717) is 48.9 Å². The van der Waals surface area contributed by atoms with Crippen molar-refractivity contribution in [3.8, 4) is 22.7 Å². The zero-order valence-corrected chi connectivity index (χ0v) is 23.9. The maximum absolute atomic E-state index is 15.0. The lowest BCUT2D eigenvalue weighted by Crippen LogP contribution is -2.54. The summed E-state index contributed by atoms with van der Waals surface area (Å²) < 4.78 is 16.4. The molecule has 1 amide bonds. The van der Waals surface area contributed by atoms with Crippen LogP contribution in [0.25, 0.3) is 28.0 Å². The van der Waals surface area contributed by atoms with E-state index >= 15 is 0 Å². The van der Waals surface area contributed by atoms with Crippen molar-refractivity contribution in [3.63, 3.8) is 0 Å². The number of pyridine rings is 1. The number of nitrogens with zero attached hydrogens (tertiary/aromatic N) is 5. The van der Waals surface area contributed by atoms with Crippen molar-refractivity contribution in [2.75, 3.05) is 24.5 Å². The molecule has 10 heteroatoms. The average Bonchev–Trinajstić information content (AvgIpc) is 2.93. The first kappa shape index (κ1) is 28.3. The number of hydrogen-bond donors (Lipinski definition) is 1. The lowest BCUT2D eigenvalue weighted by Gasteiger charge is -2.40. The van der Waals surface area contributed by atoms with Crippen molar-refractivity contribution in [3.05, 3.63) is 88.1 Å². The van der Waals surface area contributed by atoms with Gasteiger partial charge in [0.15, 0.2) is 5.65 Å². The second-order valence-electron chi connectivity index (χ2n) is 10.6. The SMILES string of the molecule is C=CC(=O)N1CCN(c2nc(=O)n(-c3ccccc3CC(C)C)c3nc(-c4c(O)cccc4F)c(Cl)cc23)[C@@H](C)C1. The fourth-order valence-electron chi connectivity index (χ4n) is 5.41. The molecule has 8 nitrogen and oxygen atoms in total. The van der Waals surface area contributed by atoms with Crippen LogP contribution >= 0.6 is 11.6 Å². The number of phenolic OH excluding ortho intramolecular Hbond substituents is 1. The molecule has 41 heavy (non-hydrogen) atoms. The molecule has 1 aliphatic rings. The van der Waals surface area contributed by atoms with Crippen LogP contribution in [0.2, 0.25) is 5.02 Å². The minimum Gasteiger partial charge on any atom is -0.507 e. The van der Waals surface area contributed by atoms with Crippen LogP contribution in [-0.2, 0) is 11.2 Å². The van der Waals surface area contributed by atoms with Gasteiger partial charge in [0.1, 0.15) is 17.4 Å². The molecule has 0 saturated carbocycles. The standard InChI is InChI=1S/C31H31ClFN5O3/c1-5-26(40)36-13-14-37(19(4)17-36)29-21-16-22(32)28(27-23(33)10-8-12-25(27)39)34-30(21)38(31(41)35-29)24-11-7-6-9-20(24)15-18(2)3/h5-12,16,18-19,39H,1,13-15,17H2,2-4H3/t19-/m0/s1. The molecule has 1 saturated heterocycles. The summed E-state index contributed by atoms with van der Waals surface area (Å²) in [6.45, 7) is 11.0. The number of phenols is 1. The van der Waals surface area contributed by atoms with E-state index in [0.717, 1.165) is 5.56 Å². The lowest BCUT2D eigenvalue weighted by atomic mass is 10.0. The Balaban J connectivity index is 1.79. The summed E-state index contributed by atoms with van der Waals surface area (Å²) in [6.07, 6.45) is 1.99. The van der Waals surface area contributed by atoms with Gasteiger partial charge in [-0.05, 0) is 55.2 Å². The van der Waals surface area contributed by atoms with Crippen LogP contribution in [0.4, 0.5) is 10.2 Å². The third kappa shape index (κ3) is 5.29. The molecule has 0 radical (unpaired) electrons. The Morgan fingerprint density at radius 3 is 2.63 bits per heavy atom. The molecule has 3 heterocycles. The largest absolute Gasteiger partial charge is 0.507 e. The van der Waals surface area contributed by atoms with E-state index in [-0.39, 0.29) is 39.6 Å². The lowest BCUT2D eigenvalue weighted by molar-refractivity contribution is -0.126. The van der Waals surface area contributed by atoms with Crippen molar-refractivity contribution in [2.24, 2.45) is 5.92 Å². The Bertz CT molecular complexity index is 1700. The van der Waals surface area contributed by atoms with Gasteiger partial charge in [-0.1, -0.05) is 56.3 Å². The van der Waals surface area contributed by atoms with E-state index in [4.69, 9.17) is 16.6 Å². The number of anilines is 1. The number of aromatic hydroxyl groups is 1. The Kier molecular flexibility index (Phi) is 7.82. The molecule has 0 unspecified atom stereocenters. The van der Waals surface area contributed by atoms with Gasteiger partial charge in [0, 0.05) is 25.7 Å². The Morgan fingerprint density at radius 2 is 1.95 bits per heavy atom. The van der Waals surface area contributed by atoms with Gasteiger partial charge >= 0.3 is 5.69 Å². The average molecular weight is 576 g/mol. The first-order valence-corrected chi connectivity index (χ1v) is 13.9. The van der Waals surface area contributed by atoms with Crippen LogP contribution in [0.3, 0.4) is 0 Å². The van der Waals surface area contributed by atoms with Gasteiger partial charge < -0.3 is 14.9 Å². The normalized spacial score (nSPS) is 15.5. The summed E-state index contributed by atoms with van der Waals surface area (Å²) in [7, 11) is 0. The topological polar surface area (TPSA) is 91.6 Å². The first-order valence-electron chi connectivity index (χ1n) is 13.5. The second kappa shape index (κ2) is 11.3. The van der Waals surface area contributed by atoms with Crippen LogP contribution in [-0.4, -0.2) is 56.1 Å². The van der Waals surface area contributed by atoms with Gasteiger partial charge in [0.25, 0.3) is 0 Å². The van der Waals surface area contributed by atoms with E-state index < -0.39 is 11.5 Å². The molecule has 1 fully saturated rings. The number of piperazine rings is 1. The van der Waals surface area contributed by atoms with Gasteiger partial charge in [-0.2, -0.15) is 4.98 Å². The third-order valence-corrected chi connectivity index (χ3v) is 7.56. The molecule has 0 spiro atoms. The highest BCUT2D eigenvalue weighted by Gasteiger charge is 2.30. The summed E-state index contributed by atoms with van der Waals surface area (Å²) >= 11 is 6.71. The molecule has 1 atom stereocenters. The molecule has 1 N–H and O–H groups in total. The van der Waals surface area contributed by atoms with Crippen LogP contribution in [0, 0.1) is 11.7 Å². The Hall–Kier alpha value is -4.24. The van der Waals surface area contributed by atoms with E-state index in [1.165, 1.54) is 28.8 Å². The fraction of sp³-hybridized carbons (Fsp3) is 0.290. The molecule has 4 aromatic rings. The highest BCUT2D eigenvalue weighted by molar-refractivity contribution is 6.34. The van der Waals surface area contributed by atoms with Crippen molar-refractivity contribution >= 4 is 34.4 Å². The molecule has 212 valence electrons. The van der Waals surface area contributed by atoms with Crippen molar-refractivity contribution in [1.82, 2.24) is 19.4 Å². The zero-order chi connectivity index (χ0) is 29.4. The molecule has 2 aromatic heterocycles. The molecule has 2 aromatic carbocycles. The number of carbonyl (C=O) groups is 1. The highest BCUT2D eigenvalue weighted by Crippen LogP contribution is 2.38. The highest BCUT2D eigenvalue weighted by atomic mass is 35.5. The number of hydrogen-bond acceptors (Lipinski definition) is 6. The molecule has 1 aliphatic heterocycles. The van der Waals surface area contributed by atoms with Crippen LogP contribution in [0.5, 0.6) is 5.75 Å². The number of rotatable bonds is 6. The summed E-state index contributed by atoms with van der Waals surface area (Å²) in [4.78, 5) is 39.1. The number of fused-ring (bicyclic) bond motifs is 1. The van der Waals surface area contributed by atoms with Crippen LogP contribution < -0.4 is 10.6 Å². The number of carbonyl (C=O) groups excluding carboxylic acids is 1. The summed E-state index contributed by atoms with van der Waals surface area (Å²) in [5.74, 6) is -0.489. The summed E-state index contributed by atoms with van der Waals surface area (Å²) in [5.41, 5.74) is 1.07. The van der Waals surface area contributed by atoms with Gasteiger partial charge in [0.2, 0.25) is 5.91 Å². The number of benzene rings is 2. The van der Waals surface area contributed by atoms with Crippen molar-refractivity contribution in [2.45, 2.75) is 33.2 Å². The summed E-state index contributed by atoms with van der Waals surface area (Å²) in [5, 5.41) is 11.1. The number of amides is 1. The predicted molar refractivity (Wildman–Crippen MR) is 159 cm³/mol. The summed E-state index contributed by atoms with van der Waals surface area (Å²) in [6, 6.07) is 12.9. The molecule has 0 aliphatic carbocycles. The minimum atomic E-state index is -0.696. The number of aromatic nitrogens is 3. The van der Waals surface area contributed by atoms with Crippen molar-refractivity contribution < 1.29 is 14.3 Å². The quantitative estimate of drug-likeness (QED) is 0.311. The molecule has 5 rings (SSSR count). The Labute approximate surface area is 242 Å². The van der Waals surface area contributed by atoms with Crippen LogP contribution in [0.1, 0.15) is 26.3 Å². The Morgan fingerprint density at radius 1 is 1.20 bits per heavy atom. The zero-order valence-electron chi connectivity index (χ0n) is 23.1. The molecule has 0 bridgehead atoms. The third-order valence-electron chi connectivity index (χ3n) is 7.28. The minimum absolute atomic E-state index is 0.0101. The number of para-hydroxylation sites is 1. The monoisotopic (exact) mass is 575 g/mol. The smallest absolute Gasteiger partial charge is 0.355 e. The van der Waals surface area contributed by atoms with E-state index in [2.05, 4.69) is 25.4 Å². The number of halogens is 2. The van der Waals surface area contributed by atoms with Crippen molar-refractivity contribution in [1.29, 1.82) is 0 Å². The van der Waals surface area contributed by atoms with Gasteiger partial charge in [0.05, 0.1) is 27.4 Å². The fourth-order valence-corrected chi connectivity index (χ4v) is 5.65. The van der Waals surface area contributed by atoms with Gasteiger partial charge in [-0.15, -0.1) is 0 Å². The predicted octanol–water partition coefficient (Wildman–Crippen LogP) is 5.37. The molecular formula is C31H31ClFN5O3. The van der Waals surface area contributed by atoms with E-state index in [1.54, 1.807) is 11.0 Å². The second-order valence-corrected chi connectivity index (χ2v) is 11.0. The maximum atomic E-state index is 15.0. The van der Waals surface area contributed by atoms with Crippen LogP contribution in [0.15, 0.2) is 66.0 Å². The van der Waals surface area contributed by atoms with Gasteiger partial charge in [-0.25, -0.2) is 18.7 Å².